The lowest BCUT2D eigenvalue weighted by Gasteiger charge is -2.19. The molecule has 1 aliphatic heterocycles. The van der Waals surface area contributed by atoms with Crippen molar-refractivity contribution >= 4 is 16.9 Å². The Balaban J connectivity index is 2.38. The van der Waals surface area contributed by atoms with Crippen molar-refractivity contribution in [2.24, 2.45) is 4.99 Å². The van der Waals surface area contributed by atoms with Crippen LogP contribution in [0.3, 0.4) is 0 Å². The summed E-state index contributed by atoms with van der Waals surface area (Å²) in [4.78, 5) is 4.17. The maximum Gasteiger partial charge on any atom is 0.157 e. The Morgan fingerprint density at radius 1 is 1.92 bits per heavy atom. The number of thioether (sulfide) groups is 1. The van der Waals surface area contributed by atoms with E-state index in [0.717, 1.165) is 5.17 Å². The fourth-order valence-electron chi connectivity index (χ4n) is 0.817. The molecule has 0 bridgehead atoms. The number of aliphatic hydroxyl groups is 1. The molecule has 0 aromatic heterocycles. The summed E-state index contributed by atoms with van der Waals surface area (Å²) in [6, 6.07) is 0. The highest BCUT2D eigenvalue weighted by atomic mass is 32.2. The zero-order valence-electron chi connectivity index (χ0n) is 7.16. The van der Waals surface area contributed by atoms with Crippen LogP contribution >= 0.6 is 11.8 Å². The third-order valence-electron chi connectivity index (χ3n) is 1.56. The van der Waals surface area contributed by atoms with Crippen LogP contribution in [-0.4, -0.2) is 34.7 Å². The molecule has 3 nitrogen and oxygen atoms in total. The zero-order chi connectivity index (χ0) is 8.97. The summed E-state index contributed by atoms with van der Waals surface area (Å²) < 4.78 is 0. The van der Waals surface area contributed by atoms with Gasteiger partial charge in [-0.1, -0.05) is 17.8 Å². The molecule has 0 spiro atoms. The van der Waals surface area contributed by atoms with Crippen molar-refractivity contribution in [1.82, 2.24) is 5.32 Å². The predicted octanol–water partition coefficient (Wildman–Crippen LogP) is 0.614. The normalized spacial score (nSPS) is 25.5. The lowest BCUT2D eigenvalue weighted by Crippen LogP contribution is -2.37. The summed E-state index contributed by atoms with van der Waals surface area (Å²) in [6.45, 7) is 6.87. The monoisotopic (exact) mass is 186 g/mol. The molecule has 1 rings (SSSR count). The van der Waals surface area contributed by atoms with Crippen molar-refractivity contribution < 1.29 is 5.11 Å². The number of hydrogen-bond acceptors (Lipinski definition) is 4. The summed E-state index contributed by atoms with van der Waals surface area (Å²) in [6.07, 6.45) is 1.55. The van der Waals surface area contributed by atoms with E-state index in [0.29, 0.717) is 18.3 Å². The molecule has 0 aromatic carbocycles. The van der Waals surface area contributed by atoms with E-state index < -0.39 is 0 Å². The molecule has 0 saturated heterocycles. The van der Waals surface area contributed by atoms with Crippen molar-refractivity contribution in [3.63, 3.8) is 0 Å². The summed E-state index contributed by atoms with van der Waals surface area (Å²) in [5.41, 5.74) is 0. The van der Waals surface area contributed by atoms with Gasteiger partial charge >= 0.3 is 0 Å². The molecule has 0 fully saturated rings. The first-order chi connectivity index (χ1) is 5.72. The fourth-order valence-corrected chi connectivity index (χ4v) is 1.58. The van der Waals surface area contributed by atoms with E-state index in [2.05, 4.69) is 23.8 Å². The first-order valence-electron chi connectivity index (χ1n) is 3.98. The highest BCUT2D eigenvalue weighted by Crippen LogP contribution is 2.13. The molecule has 0 amide bonds. The number of β-amino-alcohol motifs (C(OH)–C–C–N with tert-alkyl or cyclic N) is 1. The zero-order valence-corrected chi connectivity index (χ0v) is 7.97. The van der Waals surface area contributed by atoms with E-state index in [4.69, 9.17) is 5.11 Å². The van der Waals surface area contributed by atoms with Gasteiger partial charge in [-0.15, -0.1) is 6.58 Å². The average molecular weight is 186 g/mol. The number of rotatable bonds is 2. The minimum atomic E-state index is -0.326. The summed E-state index contributed by atoms with van der Waals surface area (Å²) in [5, 5.41) is 13.4. The van der Waals surface area contributed by atoms with Crippen molar-refractivity contribution in [2.45, 2.75) is 18.3 Å². The Hall–Kier alpha value is -0.480. The molecule has 0 aromatic rings. The second-order valence-corrected chi connectivity index (χ2v) is 4.11. The van der Waals surface area contributed by atoms with Gasteiger partial charge < -0.3 is 10.4 Å². The lowest BCUT2D eigenvalue weighted by molar-refractivity contribution is 0.182. The van der Waals surface area contributed by atoms with E-state index >= 15 is 0 Å². The van der Waals surface area contributed by atoms with Crippen LogP contribution in [0.4, 0.5) is 0 Å². The lowest BCUT2D eigenvalue weighted by atomic mass is 10.3. The minimum absolute atomic E-state index is 0.326. The van der Waals surface area contributed by atoms with Crippen LogP contribution < -0.4 is 5.32 Å². The number of nitrogens with zero attached hydrogens (tertiary/aromatic N) is 1. The van der Waals surface area contributed by atoms with Crippen molar-refractivity contribution in [3.8, 4) is 0 Å². The van der Waals surface area contributed by atoms with Gasteiger partial charge in [0.15, 0.2) is 5.17 Å². The molecule has 1 aliphatic rings. The van der Waals surface area contributed by atoms with Crippen molar-refractivity contribution in [1.29, 1.82) is 0 Å². The number of aliphatic imine (C=N–C) groups is 1. The predicted molar refractivity (Wildman–Crippen MR) is 53.6 cm³/mol. The van der Waals surface area contributed by atoms with Crippen LogP contribution in [0.25, 0.3) is 0 Å². The smallest absolute Gasteiger partial charge is 0.157 e. The SMILES string of the molecule is C=CC(C)SC1=NCC(O)CN1. The van der Waals surface area contributed by atoms with Gasteiger partial charge in [0.05, 0.1) is 12.6 Å². The van der Waals surface area contributed by atoms with Crippen molar-refractivity contribution in [3.05, 3.63) is 12.7 Å². The highest BCUT2D eigenvalue weighted by molar-refractivity contribution is 8.14. The molecule has 4 heteroatoms. The van der Waals surface area contributed by atoms with Gasteiger partial charge in [-0.2, -0.15) is 0 Å². The molecule has 0 radical (unpaired) electrons. The molecule has 0 aliphatic carbocycles. The molecule has 2 unspecified atom stereocenters. The largest absolute Gasteiger partial charge is 0.389 e. The van der Waals surface area contributed by atoms with Gasteiger partial charge in [-0.3, -0.25) is 4.99 Å². The second-order valence-electron chi connectivity index (χ2n) is 2.74. The van der Waals surface area contributed by atoms with Crippen LogP contribution in [0.1, 0.15) is 6.92 Å². The summed E-state index contributed by atoms with van der Waals surface area (Å²) in [7, 11) is 0. The van der Waals surface area contributed by atoms with Crippen LogP contribution in [0.15, 0.2) is 17.6 Å². The van der Waals surface area contributed by atoms with E-state index in [9.17, 15) is 0 Å². The molecular formula is C8H14N2OS. The average Bonchev–Trinajstić information content (AvgIpc) is 2.09. The van der Waals surface area contributed by atoms with Crippen molar-refractivity contribution in [2.75, 3.05) is 13.1 Å². The Kier molecular flexibility index (Phi) is 3.62. The van der Waals surface area contributed by atoms with Crippen LogP contribution in [0.5, 0.6) is 0 Å². The topological polar surface area (TPSA) is 44.6 Å². The van der Waals surface area contributed by atoms with E-state index in [1.807, 2.05) is 6.08 Å². The molecule has 2 atom stereocenters. The first-order valence-corrected chi connectivity index (χ1v) is 4.86. The molecule has 2 N–H and O–H groups in total. The minimum Gasteiger partial charge on any atom is -0.389 e. The van der Waals surface area contributed by atoms with Gasteiger partial charge in [0.25, 0.3) is 0 Å². The molecule has 68 valence electrons. The van der Waals surface area contributed by atoms with E-state index in [1.54, 1.807) is 11.8 Å². The Morgan fingerprint density at radius 2 is 2.67 bits per heavy atom. The molecule has 1 heterocycles. The summed E-state index contributed by atoms with van der Waals surface area (Å²) in [5.74, 6) is 0. The van der Waals surface area contributed by atoms with E-state index in [-0.39, 0.29) is 6.10 Å². The molecule has 12 heavy (non-hydrogen) atoms. The standard InChI is InChI=1S/C8H14N2OS/c1-3-6(2)12-8-9-4-7(11)5-10-8/h3,6-7,11H,1,4-5H2,2H3,(H,9,10). The Labute approximate surface area is 77.0 Å². The summed E-state index contributed by atoms with van der Waals surface area (Å²) >= 11 is 1.63. The number of aliphatic hydroxyl groups excluding tert-OH is 1. The fraction of sp³-hybridized carbons (Fsp3) is 0.625. The maximum absolute atomic E-state index is 9.12. The van der Waals surface area contributed by atoms with Gasteiger partial charge in [-0.25, -0.2) is 0 Å². The third-order valence-corrected chi connectivity index (χ3v) is 2.62. The van der Waals surface area contributed by atoms with Crippen LogP contribution in [0.2, 0.25) is 0 Å². The van der Waals surface area contributed by atoms with Crippen LogP contribution in [-0.2, 0) is 0 Å². The van der Waals surface area contributed by atoms with Crippen LogP contribution in [0, 0.1) is 0 Å². The molecule has 0 saturated carbocycles. The van der Waals surface area contributed by atoms with Gasteiger partial charge in [0, 0.05) is 11.8 Å². The maximum atomic E-state index is 9.12. The quantitative estimate of drug-likeness (QED) is 0.621. The van der Waals surface area contributed by atoms with Gasteiger partial charge in [0.2, 0.25) is 0 Å². The highest BCUT2D eigenvalue weighted by Gasteiger charge is 2.13. The van der Waals surface area contributed by atoms with Gasteiger partial charge in [0.1, 0.15) is 0 Å². The Morgan fingerprint density at radius 3 is 3.17 bits per heavy atom. The third kappa shape index (κ3) is 2.87. The molecular weight excluding hydrogens is 172 g/mol. The number of nitrogens with one attached hydrogen (secondary N) is 1. The number of amidine groups is 1. The Bertz CT molecular complexity index is 193. The second kappa shape index (κ2) is 4.52. The van der Waals surface area contributed by atoms with E-state index in [1.165, 1.54) is 0 Å². The number of hydrogen-bond donors (Lipinski definition) is 2. The first kappa shape index (κ1) is 9.61. The van der Waals surface area contributed by atoms with Gasteiger partial charge in [-0.05, 0) is 6.92 Å².